The molecule has 5 rings (SSSR count). The molecule has 0 fully saturated rings. The van der Waals surface area contributed by atoms with Gasteiger partial charge < -0.3 is 34.4 Å². The van der Waals surface area contributed by atoms with Gasteiger partial charge in [-0.05, 0) is 82.9 Å². The topological polar surface area (TPSA) is 58.4 Å². The molecule has 7 nitrogen and oxygen atoms in total. The zero-order valence-electron chi connectivity index (χ0n) is 28.5. The molecule has 4 aromatic carbocycles. The maximum Gasteiger partial charge on any atom is 0.155 e. The van der Waals surface area contributed by atoms with Crippen LogP contribution in [-0.4, -0.2) is 71.2 Å². The van der Waals surface area contributed by atoms with E-state index in [0.29, 0.717) is 11.4 Å². The van der Waals surface area contributed by atoms with E-state index in [2.05, 4.69) is 0 Å². The highest BCUT2D eigenvalue weighted by atomic mass is 16.3. The molecule has 1 heterocycles. The number of nitrogens with zero attached hydrogens (tertiary/aromatic N) is 5. The highest BCUT2D eigenvalue weighted by molar-refractivity contribution is 5.58. The van der Waals surface area contributed by atoms with Crippen LogP contribution in [0.2, 0.25) is 0 Å². The Kier molecular flexibility index (Phi) is 8.94. The van der Waals surface area contributed by atoms with Crippen LogP contribution in [0.1, 0.15) is 33.6 Å². The lowest BCUT2D eigenvalue weighted by Crippen LogP contribution is -2.35. The van der Waals surface area contributed by atoms with E-state index in [1.807, 2.05) is 197 Å². The van der Waals surface area contributed by atoms with Crippen LogP contribution in [0.3, 0.4) is 0 Å². The number of aliphatic hydroxyl groups is 2. The highest BCUT2D eigenvalue weighted by Crippen LogP contribution is 2.43. The van der Waals surface area contributed by atoms with E-state index in [-0.39, 0.29) is 0 Å². The third kappa shape index (κ3) is 5.72. The van der Waals surface area contributed by atoms with Gasteiger partial charge in [0, 0.05) is 86.2 Å². The largest absolute Gasteiger partial charge is 0.378 e. The fourth-order valence-electron chi connectivity index (χ4n) is 6.17. The lowest BCUT2D eigenvalue weighted by atomic mass is 9.82. The molecule has 0 spiro atoms. The van der Waals surface area contributed by atoms with Crippen LogP contribution in [0.4, 0.5) is 22.7 Å². The van der Waals surface area contributed by atoms with Crippen molar-refractivity contribution in [3.05, 3.63) is 143 Å². The smallest absolute Gasteiger partial charge is 0.155 e. The molecule has 7 heteroatoms. The molecule has 0 aliphatic rings. The second-order valence-electron chi connectivity index (χ2n) is 12.8. The minimum atomic E-state index is -1.51. The van der Waals surface area contributed by atoms with Crippen molar-refractivity contribution >= 4 is 22.7 Å². The molecule has 0 radical (unpaired) electrons. The molecule has 0 aliphatic carbocycles. The van der Waals surface area contributed by atoms with Gasteiger partial charge in [-0.15, -0.1) is 0 Å². The van der Waals surface area contributed by atoms with Crippen molar-refractivity contribution in [3.8, 4) is 0 Å². The maximum absolute atomic E-state index is 12.9. The van der Waals surface area contributed by atoms with E-state index in [9.17, 15) is 10.2 Å². The van der Waals surface area contributed by atoms with Gasteiger partial charge in [0.2, 0.25) is 0 Å². The number of aromatic nitrogens is 1. The van der Waals surface area contributed by atoms with Crippen LogP contribution in [0.25, 0.3) is 0 Å². The third-order valence-electron chi connectivity index (χ3n) is 9.07. The van der Waals surface area contributed by atoms with Gasteiger partial charge in [0.1, 0.15) is 0 Å². The summed E-state index contributed by atoms with van der Waals surface area (Å²) in [5.41, 5.74) is 5.37. The first kappa shape index (κ1) is 32.7. The highest BCUT2D eigenvalue weighted by Gasteiger charge is 2.42. The fourth-order valence-corrected chi connectivity index (χ4v) is 6.17. The van der Waals surface area contributed by atoms with E-state index in [0.717, 1.165) is 45.0 Å². The van der Waals surface area contributed by atoms with Gasteiger partial charge >= 0.3 is 0 Å². The number of rotatable bonds is 10. The predicted molar refractivity (Wildman–Crippen MR) is 193 cm³/mol. The first-order valence-corrected chi connectivity index (χ1v) is 15.5. The Labute approximate surface area is 274 Å². The Bertz CT molecular complexity index is 1520. The van der Waals surface area contributed by atoms with Gasteiger partial charge in [0.05, 0.1) is 11.4 Å². The van der Waals surface area contributed by atoms with Crippen LogP contribution in [0, 0.1) is 0 Å². The summed E-state index contributed by atoms with van der Waals surface area (Å²) in [7, 11) is 17.9. The normalized spacial score (nSPS) is 11.8. The van der Waals surface area contributed by atoms with Crippen molar-refractivity contribution in [1.82, 2.24) is 4.57 Å². The zero-order chi connectivity index (χ0) is 33.4. The first-order chi connectivity index (χ1) is 21.8. The van der Waals surface area contributed by atoms with Crippen molar-refractivity contribution in [2.75, 3.05) is 76.0 Å². The summed E-state index contributed by atoms with van der Waals surface area (Å²) in [4.78, 5) is 8.16. The number of anilines is 4. The van der Waals surface area contributed by atoms with Crippen LogP contribution < -0.4 is 19.6 Å². The summed E-state index contributed by atoms with van der Waals surface area (Å²) >= 11 is 0. The van der Waals surface area contributed by atoms with Crippen LogP contribution in [0.15, 0.2) is 109 Å². The van der Waals surface area contributed by atoms with Crippen molar-refractivity contribution in [1.29, 1.82) is 0 Å². The second kappa shape index (κ2) is 12.6. The van der Waals surface area contributed by atoms with E-state index in [1.54, 1.807) is 0 Å². The lowest BCUT2D eigenvalue weighted by molar-refractivity contribution is 0.105. The Morgan fingerprint density at radius 3 is 0.739 bits per heavy atom. The minimum Gasteiger partial charge on any atom is -0.378 e. The van der Waals surface area contributed by atoms with Gasteiger partial charge in [-0.3, -0.25) is 0 Å². The van der Waals surface area contributed by atoms with E-state index in [4.69, 9.17) is 0 Å². The van der Waals surface area contributed by atoms with Gasteiger partial charge in [0.15, 0.2) is 11.2 Å². The van der Waals surface area contributed by atoms with Gasteiger partial charge in [-0.25, -0.2) is 0 Å². The first-order valence-electron chi connectivity index (χ1n) is 15.5. The summed E-state index contributed by atoms with van der Waals surface area (Å²) in [5.74, 6) is 0. The van der Waals surface area contributed by atoms with Gasteiger partial charge in [-0.2, -0.15) is 0 Å². The fraction of sp³-hybridized carbons (Fsp3) is 0.282. The molecule has 0 saturated carbocycles. The Morgan fingerprint density at radius 1 is 0.370 bits per heavy atom. The van der Waals surface area contributed by atoms with Crippen LogP contribution >= 0.6 is 0 Å². The predicted octanol–water partition coefficient (Wildman–Crippen LogP) is 5.86. The monoisotopic (exact) mass is 617 g/mol. The van der Waals surface area contributed by atoms with Gasteiger partial charge in [0.25, 0.3) is 0 Å². The number of hydrogen-bond acceptors (Lipinski definition) is 6. The van der Waals surface area contributed by atoms with Crippen molar-refractivity contribution in [2.24, 2.45) is 7.05 Å². The average Bonchev–Trinajstić information content (AvgIpc) is 3.46. The number of hydrogen-bond donors (Lipinski definition) is 2. The molecule has 2 N–H and O–H groups in total. The van der Waals surface area contributed by atoms with E-state index < -0.39 is 11.2 Å². The summed E-state index contributed by atoms with van der Waals surface area (Å²) in [6, 6.07) is 35.9. The molecule has 0 atom stereocenters. The lowest BCUT2D eigenvalue weighted by Gasteiger charge is -2.34. The number of benzene rings is 4. The molecule has 0 amide bonds. The SMILES string of the molecule is CN(C)c1ccc(C(O)(c2ccc(N(C)C)cc2)c2ccc(C(O)(c3ccc(N(C)C)cc3)c3ccc(N(C)C)cc3)n2C)cc1. The molecule has 5 aromatic rings. The van der Waals surface area contributed by atoms with Crippen molar-refractivity contribution in [2.45, 2.75) is 11.2 Å². The second-order valence-corrected chi connectivity index (χ2v) is 12.8. The van der Waals surface area contributed by atoms with Crippen molar-refractivity contribution in [3.63, 3.8) is 0 Å². The summed E-state index contributed by atoms with van der Waals surface area (Å²) in [5, 5.41) is 25.9. The molecule has 240 valence electrons. The third-order valence-corrected chi connectivity index (χ3v) is 9.07. The van der Waals surface area contributed by atoms with Crippen LogP contribution in [-0.2, 0) is 18.2 Å². The molecule has 1 aromatic heterocycles. The zero-order valence-corrected chi connectivity index (χ0v) is 28.5. The Balaban J connectivity index is 1.73. The molecule has 0 aliphatic heterocycles. The van der Waals surface area contributed by atoms with Crippen LogP contribution in [0.5, 0.6) is 0 Å². The van der Waals surface area contributed by atoms with Gasteiger partial charge in [-0.1, -0.05) is 48.5 Å². The Morgan fingerprint density at radius 2 is 0.565 bits per heavy atom. The molecule has 0 unspecified atom stereocenters. The molecule has 0 saturated heterocycles. The summed E-state index contributed by atoms with van der Waals surface area (Å²) in [6.45, 7) is 0. The quantitative estimate of drug-likeness (QED) is 0.205. The molecular formula is C39H47N5O2. The average molecular weight is 618 g/mol. The minimum absolute atomic E-state index is 0.644. The molecule has 0 bridgehead atoms. The van der Waals surface area contributed by atoms with Crippen molar-refractivity contribution < 1.29 is 10.2 Å². The maximum atomic E-state index is 12.9. The standard InChI is InChI=1S/C39H47N5O2/c1-40(2)32-18-10-28(11-19-32)38(45,29-12-20-33(21-13-29)41(3)4)36-26-27-37(44(36)9)39(46,30-14-22-34(23-15-30)42(5)6)31-16-24-35(25-17-31)43(7)8/h10-27,45-46H,1-9H3. The summed E-state index contributed by atoms with van der Waals surface area (Å²) in [6.07, 6.45) is 0. The van der Waals surface area contributed by atoms with E-state index in [1.165, 1.54) is 0 Å². The molecular weight excluding hydrogens is 570 g/mol. The summed E-state index contributed by atoms with van der Waals surface area (Å²) < 4.78 is 1.94. The molecule has 46 heavy (non-hydrogen) atoms. The van der Waals surface area contributed by atoms with E-state index >= 15 is 0 Å². The Hall–Kier alpha value is -4.72.